The lowest BCUT2D eigenvalue weighted by atomic mass is 9.87. The van der Waals surface area contributed by atoms with Crippen LogP contribution in [0.25, 0.3) is 0 Å². The van der Waals surface area contributed by atoms with Crippen molar-refractivity contribution in [2.24, 2.45) is 10.7 Å². The summed E-state index contributed by atoms with van der Waals surface area (Å²) in [6, 6.07) is 10.9. The number of anilines is 1. The zero-order chi connectivity index (χ0) is 18.2. The van der Waals surface area contributed by atoms with Gasteiger partial charge < -0.3 is 11.1 Å². The second-order valence-electron chi connectivity index (χ2n) is 6.01. The summed E-state index contributed by atoms with van der Waals surface area (Å²) in [7, 11) is 1.61. The van der Waals surface area contributed by atoms with Gasteiger partial charge in [0, 0.05) is 12.7 Å². The van der Waals surface area contributed by atoms with Crippen molar-refractivity contribution in [2.75, 3.05) is 12.4 Å². The minimum absolute atomic E-state index is 0.0899. The first-order valence-corrected chi connectivity index (χ1v) is 9.18. The van der Waals surface area contributed by atoms with Crippen LogP contribution in [0.2, 0.25) is 0 Å². The van der Waals surface area contributed by atoms with Crippen molar-refractivity contribution in [3.05, 3.63) is 50.6 Å². The summed E-state index contributed by atoms with van der Waals surface area (Å²) in [5.41, 5.74) is 6.58. The zero-order valence-corrected chi connectivity index (χ0v) is 16.1. The van der Waals surface area contributed by atoms with Gasteiger partial charge in [0.15, 0.2) is 5.96 Å². The van der Waals surface area contributed by atoms with E-state index in [1.165, 1.54) is 16.2 Å². The van der Waals surface area contributed by atoms with Crippen molar-refractivity contribution in [3.63, 3.8) is 0 Å². The number of hydrogen-bond donors (Lipinski definition) is 2. The molecule has 3 rings (SSSR count). The van der Waals surface area contributed by atoms with E-state index in [1.54, 1.807) is 19.2 Å². The molecule has 1 atom stereocenters. The fourth-order valence-electron chi connectivity index (χ4n) is 2.64. The molecule has 1 aromatic heterocycles. The SMILES string of the molecule is CN1C(=O)CC(C)(c2cccc(NC(=O)c3ccc(Br)s3)c2)N=C1N. The van der Waals surface area contributed by atoms with Crippen LogP contribution < -0.4 is 11.1 Å². The predicted octanol–water partition coefficient (Wildman–Crippen LogP) is 3.15. The third-order valence-corrected chi connectivity index (χ3v) is 5.74. The highest BCUT2D eigenvalue weighted by Crippen LogP contribution is 2.34. The molecule has 1 aliphatic rings. The molecule has 1 unspecified atom stereocenters. The van der Waals surface area contributed by atoms with Crippen LogP contribution in [0, 0.1) is 0 Å². The number of nitrogens with zero attached hydrogens (tertiary/aromatic N) is 2. The smallest absolute Gasteiger partial charge is 0.265 e. The number of aliphatic imine (C=N–C) groups is 1. The third kappa shape index (κ3) is 3.59. The summed E-state index contributed by atoms with van der Waals surface area (Å²) < 4.78 is 0.897. The lowest BCUT2D eigenvalue weighted by Crippen LogP contribution is -2.47. The average Bonchev–Trinajstić information content (AvgIpc) is 2.99. The van der Waals surface area contributed by atoms with E-state index in [2.05, 4.69) is 26.2 Å². The van der Waals surface area contributed by atoms with Gasteiger partial charge in [0.1, 0.15) is 0 Å². The molecule has 0 aliphatic carbocycles. The van der Waals surface area contributed by atoms with Crippen LogP contribution in [0.4, 0.5) is 5.69 Å². The maximum Gasteiger partial charge on any atom is 0.265 e. The molecular weight excluding hydrogens is 404 g/mol. The highest BCUT2D eigenvalue weighted by atomic mass is 79.9. The van der Waals surface area contributed by atoms with Gasteiger partial charge in [-0.3, -0.25) is 14.5 Å². The molecule has 2 aromatic rings. The minimum Gasteiger partial charge on any atom is -0.369 e. The van der Waals surface area contributed by atoms with Crippen LogP contribution in [0.15, 0.2) is 45.2 Å². The van der Waals surface area contributed by atoms with Gasteiger partial charge in [-0.15, -0.1) is 11.3 Å². The number of carbonyl (C=O) groups is 2. The topological polar surface area (TPSA) is 87.8 Å². The lowest BCUT2D eigenvalue weighted by Gasteiger charge is -2.33. The highest BCUT2D eigenvalue weighted by Gasteiger charge is 2.36. The Hall–Kier alpha value is -2.19. The number of guanidine groups is 1. The summed E-state index contributed by atoms with van der Waals surface area (Å²) in [5, 5.41) is 2.88. The number of thiophene rings is 1. The number of rotatable bonds is 3. The number of hydrogen-bond acceptors (Lipinski definition) is 5. The first-order chi connectivity index (χ1) is 11.8. The molecule has 2 heterocycles. The number of nitrogens with two attached hydrogens (primary N) is 1. The fourth-order valence-corrected chi connectivity index (χ4v) is 3.92. The Morgan fingerprint density at radius 3 is 2.80 bits per heavy atom. The molecule has 3 N–H and O–H groups in total. The van der Waals surface area contributed by atoms with Gasteiger partial charge in [-0.2, -0.15) is 0 Å². The first kappa shape index (κ1) is 17.6. The Bertz CT molecular complexity index is 879. The van der Waals surface area contributed by atoms with Gasteiger partial charge in [-0.1, -0.05) is 12.1 Å². The highest BCUT2D eigenvalue weighted by molar-refractivity contribution is 9.11. The van der Waals surface area contributed by atoms with Gasteiger partial charge >= 0.3 is 0 Å². The zero-order valence-electron chi connectivity index (χ0n) is 13.7. The number of nitrogens with one attached hydrogen (secondary N) is 1. The Morgan fingerprint density at radius 2 is 2.16 bits per heavy atom. The summed E-state index contributed by atoms with van der Waals surface area (Å²) in [6.07, 6.45) is 0.222. The average molecular weight is 421 g/mol. The standard InChI is InChI=1S/C17H17BrN4O2S/c1-17(9-14(23)22(2)16(19)21-17)10-4-3-5-11(8-10)20-15(24)12-6-7-13(18)25-12/h3-8H,9H2,1-2H3,(H2,19,21)(H,20,24). The van der Waals surface area contributed by atoms with Gasteiger partial charge in [0.2, 0.25) is 5.91 Å². The molecule has 1 aliphatic heterocycles. The van der Waals surface area contributed by atoms with Crippen LogP contribution in [-0.4, -0.2) is 29.7 Å². The van der Waals surface area contributed by atoms with Crippen LogP contribution in [0.3, 0.4) is 0 Å². The molecular formula is C17H17BrN4O2S. The van der Waals surface area contributed by atoms with Crippen LogP contribution in [-0.2, 0) is 10.3 Å². The van der Waals surface area contributed by atoms with Crippen molar-refractivity contribution in [3.8, 4) is 0 Å². The molecule has 25 heavy (non-hydrogen) atoms. The maximum absolute atomic E-state index is 12.3. The fraction of sp³-hybridized carbons (Fsp3) is 0.235. The summed E-state index contributed by atoms with van der Waals surface area (Å²) in [4.78, 5) is 30.9. The molecule has 0 fully saturated rings. The number of amides is 2. The van der Waals surface area contributed by atoms with Gasteiger partial charge in [0.05, 0.1) is 20.6 Å². The van der Waals surface area contributed by atoms with Crippen molar-refractivity contribution >= 4 is 50.7 Å². The molecule has 6 nitrogen and oxygen atoms in total. The molecule has 8 heteroatoms. The van der Waals surface area contributed by atoms with Crippen molar-refractivity contribution in [1.29, 1.82) is 0 Å². The molecule has 0 bridgehead atoms. The number of carbonyl (C=O) groups excluding carboxylic acids is 2. The van der Waals surface area contributed by atoms with E-state index >= 15 is 0 Å². The lowest BCUT2D eigenvalue weighted by molar-refractivity contribution is -0.128. The van der Waals surface area contributed by atoms with E-state index in [4.69, 9.17) is 5.73 Å². The van der Waals surface area contributed by atoms with Gasteiger partial charge in [0.25, 0.3) is 5.91 Å². The third-order valence-electron chi connectivity index (χ3n) is 4.11. The Kier molecular flexibility index (Phi) is 4.66. The first-order valence-electron chi connectivity index (χ1n) is 7.57. The Balaban J connectivity index is 1.87. The maximum atomic E-state index is 12.3. The molecule has 0 radical (unpaired) electrons. The molecule has 2 amide bonds. The Labute approximate surface area is 157 Å². The predicted molar refractivity (Wildman–Crippen MR) is 103 cm³/mol. The Morgan fingerprint density at radius 1 is 1.40 bits per heavy atom. The van der Waals surface area contributed by atoms with Gasteiger partial charge in [-0.05, 0) is 52.7 Å². The second kappa shape index (κ2) is 6.61. The van der Waals surface area contributed by atoms with Crippen molar-refractivity contribution in [2.45, 2.75) is 18.9 Å². The monoisotopic (exact) mass is 420 g/mol. The quantitative estimate of drug-likeness (QED) is 0.798. The largest absolute Gasteiger partial charge is 0.369 e. The molecule has 130 valence electrons. The summed E-state index contributed by atoms with van der Waals surface area (Å²) >= 11 is 4.71. The van der Waals surface area contributed by atoms with Crippen LogP contribution >= 0.6 is 27.3 Å². The van der Waals surface area contributed by atoms with E-state index in [0.717, 1.165) is 9.35 Å². The normalized spacial score (nSPS) is 20.4. The van der Waals surface area contributed by atoms with Crippen molar-refractivity contribution in [1.82, 2.24) is 4.90 Å². The molecule has 1 aromatic carbocycles. The van der Waals surface area contributed by atoms with E-state index in [0.29, 0.717) is 10.6 Å². The summed E-state index contributed by atoms with van der Waals surface area (Å²) in [6.45, 7) is 1.86. The number of halogens is 1. The van der Waals surface area contributed by atoms with Crippen LogP contribution in [0.5, 0.6) is 0 Å². The van der Waals surface area contributed by atoms with E-state index in [9.17, 15) is 9.59 Å². The van der Waals surface area contributed by atoms with E-state index < -0.39 is 5.54 Å². The molecule has 0 saturated heterocycles. The second-order valence-corrected chi connectivity index (χ2v) is 8.48. The molecule has 0 saturated carbocycles. The van der Waals surface area contributed by atoms with E-state index in [1.807, 2.05) is 31.2 Å². The van der Waals surface area contributed by atoms with Gasteiger partial charge in [-0.25, -0.2) is 4.99 Å². The number of benzene rings is 1. The van der Waals surface area contributed by atoms with Crippen molar-refractivity contribution < 1.29 is 9.59 Å². The van der Waals surface area contributed by atoms with E-state index in [-0.39, 0.29) is 24.2 Å². The molecule has 0 spiro atoms. The minimum atomic E-state index is -0.750. The van der Waals surface area contributed by atoms with Crippen LogP contribution in [0.1, 0.15) is 28.6 Å². The summed E-state index contributed by atoms with van der Waals surface area (Å²) in [5.74, 6) is -0.0787.